The Morgan fingerprint density at radius 3 is 1.44 bits per heavy atom. The average Bonchev–Trinajstić information content (AvgIpc) is 3.63. The zero-order valence-electron chi connectivity index (χ0n) is 33.3. The van der Waals surface area contributed by atoms with Gasteiger partial charge in [0.05, 0.1) is 0 Å². The van der Waals surface area contributed by atoms with E-state index < -0.39 is 23.5 Å². The molecule has 0 fully saturated rings. The molecule has 6 rings (SSSR count). The first-order chi connectivity index (χ1) is 24.8. The Balaban J connectivity index is 0.000000262. The van der Waals surface area contributed by atoms with Crippen molar-refractivity contribution >= 4 is 4.21 Å². The van der Waals surface area contributed by atoms with Gasteiger partial charge in [-0.05, 0) is 17.4 Å². The van der Waals surface area contributed by atoms with Crippen LogP contribution < -0.4 is 0 Å². The predicted octanol–water partition coefficient (Wildman–Crippen LogP) is 14.0. The molecule has 0 spiro atoms. The fraction of sp³-hybridized carbons (Fsp3) is 0.383. The number of fused-ring (bicyclic) bond motifs is 3. The van der Waals surface area contributed by atoms with Crippen LogP contribution in [0.2, 0.25) is 0 Å². The van der Waals surface area contributed by atoms with Crippen molar-refractivity contribution in [1.29, 1.82) is 0 Å². The molecule has 1 atom stereocenters. The first kappa shape index (κ1) is 46.8. The normalized spacial score (nSPS) is 14.9. The average molecular weight is 822 g/mol. The molecule has 7 heteroatoms. The van der Waals surface area contributed by atoms with Crippen molar-refractivity contribution in [3.05, 3.63) is 154 Å². The number of hydrogen-bond donors (Lipinski definition) is 0. The first-order valence-corrected chi connectivity index (χ1v) is 19.5. The minimum absolute atomic E-state index is 0.177. The topological polar surface area (TPSA) is 0 Å². The minimum atomic E-state index is -4.24. The zero-order valence-corrected chi connectivity index (χ0v) is 35.8. The van der Waals surface area contributed by atoms with E-state index >= 15 is 0 Å². The van der Waals surface area contributed by atoms with Gasteiger partial charge in [0.1, 0.15) is 0 Å². The maximum absolute atomic E-state index is 11.8. The van der Waals surface area contributed by atoms with Gasteiger partial charge >= 0.3 is 40.8 Å². The van der Waals surface area contributed by atoms with Gasteiger partial charge in [-0.1, -0.05) is 133 Å². The fourth-order valence-electron chi connectivity index (χ4n) is 5.77. The molecule has 2 aliphatic carbocycles. The van der Waals surface area contributed by atoms with E-state index in [-0.39, 0.29) is 10.8 Å². The molecular weight excluding hydrogens is 770 g/mol. The van der Waals surface area contributed by atoms with E-state index in [4.69, 9.17) is 0 Å². The molecule has 4 aromatic carbocycles. The summed E-state index contributed by atoms with van der Waals surface area (Å²) in [5.74, 6) is 0.518. The molecule has 0 radical (unpaired) electrons. The molecule has 0 aliphatic heterocycles. The molecule has 0 aromatic heterocycles. The molecular formula is C47H52F6Zr-4. The van der Waals surface area contributed by atoms with Gasteiger partial charge in [-0.15, -0.1) is 5.56 Å². The molecule has 4 aromatic rings. The van der Waals surface area contributed by atoms with E-state index in [1.807, 2.05) is 0 Å². The summed E-state index contributed by atoms with van der Waals surface area (Å²) >= 11 is 1.30. The molecule has 290 valence electrons. The summed E-state index contributed by atoms with van der Waals surface area (Å²) < 4.78 is 73.9. The van der Waals surface area contributed by atoms with Crippen LogP contribution in [0.3, 0.4) is 0 Å². The van der Waals surface area contributed by atoms with Crippen LogP contribution in [0.15, 0.2) is 96.1 Å². The quantitative estimate of drug-likeness (QED) is 0.108. The Bertz CT molecular complexity index is 1730. The third-order valence-electron chi connectivity index (χ3n) is 8.67. The zero-order chi connectivity index (χ0) is 41.3. The van der Waals surface area contributed by atoms with Crippen LogP contribution in [-0.4, -0.2) is 4.21 Å². The number of benzene rings is 4. The van der Waals surface area contributed by atoms with Crippen LogP contribution in [0.25, 0.3) is 11.1 Å². The van der Waals surface area contributed by atoms with E-state index in [1.54, 1.807) is 0 Å². The Kier molecular flexibility index (Phi) is 16.5. The Labute approximate surface area is 335 Å². The van der Waals surface area contributed by atoms with Crippen LogP contribution in [0, 0.1) is 35.6 Å². The third-order valence-corrected chi connectivity index (χ3v) is 8.67. The van der Waals surface area contributed by atoms with Gasteiger partial charge < -0.3 is 0 Å². The van der Waals surface area contributed by atoms with Crippen LogP contribution in [-0.2, 0) is 53.8 Å². The molecule has 0 N–H and O–H groups in total. The number of alkyl halides is 6. The van der Waals surface area contributed by atoms with Crippen molar-refractivity contribution in [3.63, 3.8) is 0 Å². The summed E-state index contributed by atoms with van der Waals surface area (Å²) in [6.45, 7) is 24.7. The van der Waals surface area contributed by atoms with Gasteiger partial charge in [0.25, 0.3) is 0 Å². The molecule has 1 unspecified atom stereocenters. The first-order valence-electron chi connectivity index (χ1n) is 17.7. The van der Waals surface area contributed by atoms with Crippen molar-refractivity contribution in [2.75, 3.05) is 0 Å². The maximum atomic E-state index is 11.8. The summed E-state index contributed by atoms with van der Waals surface area (Å²) in [4.78, 5) is 0. The van der Waals surface area contributed by atoms with Gasteiger partial charge in [-0.2, -0.15) is 128 Å². The fourth-order valence-corrected chi connectivity index (χ4v) is 5.77. The third kappa shape index (κ3) is 14.1. The van der Waals surface area contributed by atoms with E-state index in [1.165, 1.54) is 93.0 Å². The molecule has 0 heterocycles. The van der Waals surface area contributed by atoms with Gasteiger partial charge in [0.2, 0.25) is 0 Å². The van der Waals surface area contributed by atoms with Gasteiger partial charge in [0.15, 0.2) is 0 Å². The second-order valence-electron chi connectivity index (χ2n) is 16.3. The van der Waals surface area contributed by atoms with Crippen LogP contribution >= 0.6 is 0 Å². The number of halogens is 6. The summed E-state index contributed by atoms with van der Waals surface area (Å²) in [5.41, 5.74) is 10.5. The summed E-state index contributed by atoms with van der Waals surface area (Å²) in [7, 11) is 0. The van der Waals surface area contributed by atoms with Crippen molar-refractivity contribution in [1.82, 2.24) is 0 Å². The molecule has 0 amide bonds. The van der Waals surface area contributed by atoms with Crippen molar-refractivity contribution < 1.29 is 50.6 Å². The number of hydrogen-bond acceptors (Lipinski definition) is 0. The summed E-state index contributed by atoms with van der Waals surface area (Å²) in [6.07, 6.45) is -1.74. The molecule has 0 saturated heterocycles. The van der Waals surface area contributed by atoms with Crippen molar-refractivity contribution in [2.45, 2.75) is 106 Å². The molecule has 0 bridgehead atoms. The van der Waals surface area contributed by atoms with E-state index in [0.717, 1.165) is 30.7 Å². The van der Waals surface area contributed by atoms with Crippen molar-refractivity contribution in [3.8, 4) is 11.1 Å². The Morgan fingerprint density at radius 2 is 1.11 bits per heavy atom. The van der Waals surface area contributed by atoms with Crippen LogP contribution in [0.4, 0.5) is 26.3 Å². The van der Waals surface area contributed by atoms with E-state index in [9.17, 15) is 26.3 Å². The Hall–Kier alpha value is -3.31. The summed E-state index contributed by atoms with van der Waals surface area (Å²) in [6, 6.07) is 29.1. The van der Waals surface area contributed by atoms with Gasteiger partial charge in [-0.25, -0.2) is 5.57 Å². The molecule has 0 saturated carbocycles. The van der Waals surface area contributed by atoms with Gasteiger partial charge in [-0.3, -0.25) is 6.08 Å². The van der Waals surface area contributed by atoms with Crippen LogP contribution in [0.5, 0.6) is 0 Å². The molecule has 0 nitrogen and oxygen atoms in total. The standard InChI is InChI=1S/C21H25.C11H17.2C7H4F3.CH2.Zr/c1-20(2,3)16-9-7-14-11-15-8-10-17(21(4,5)6)13-19(15)18(14)12-16;1-8-6-9(2)10(7-8)11(3,4)5;2*8-7(9,10)6-4-2-1-3-5-6;;/h7,9-10,12-13H,11H2,1-6H3;7-8H,1-5H3;2*1-2,4-5H;1H2;/q4*-1;;. The SMILES string of the molecule is CC(C)(C)c1c[c-]c2c(c1)-c1cc(C(C)(C)C)ccc1C2.CC1=[C-]C(C)C=C1C(C)(C)C.FC(F)(F)c1c[c-]ccc1.FC(F)(F)c1c[c-]ccc1.[CH2]=[Zr]. The van der Waals surface area contributed by atoms with Crippen molar-refractivity contribution in [2.24, 2.45) is 11.3 Å². The van der Waals surface area contributed by atoms with E-state index in [0.29, 0.717) is 11.3 Å². The Morgan fingerprint density at radius 1 is 0.630 bits per heavy atom. The van der Waals surface area contributed by atoms with Gasteiger partial charge in [0, 0.05) is 0 Å². The van der Waals surface area contributed by atoms with E-state index in [2.05, 4.69) is 141 Å². The molecule has 54 heavy (non-hydrogen) atoms. The summed E-state index contributed by atoms with van der Waals surface area (Å²) in [5, 5.41) is 0. The van der Waals surface area contributed by atoms with Crippen LogP contribution in [0.1, 0.15) is 110 Å². The predicted molar refractivity (Wildman–Crippen MR) is 208 cm³/mol. The number of allylic oxidation sites excluding steroid dienone is 4. The number of rotatable bonds is 0. The second-order valence-corrected chi connectivity index (χ2v) is 16.3. The monoisotopic (exact) mass is 820 g/mol. The second kappa shape index (κ2) is 19.0. The molecule has 2 aliphatic rings.